The van der Waals surface area contributed by atoms with Gasteiger partial charge in [0.1, 0.15) is 0 Å². The van der Waals surface area contributed by atoms with E-state index in [0.29, 0.717) is 10.4 Å². The number of unbranched alkanes of at least 4 members (excludes halogenated alkanes) is 14. The van der Waals surface area contributed by atoms with Gasteiger partial charge < -0.3 is 9.59 Å². The lowest BCUT2D eigenvalue weighted by Gasteiger charge is -2.19. The lowest BCUT2D eigenvalue weighted by Crippen LogP contribution is -2.59. The predicted octanol–water partition coefficient (Wildman–Crippen LogP) is 7.59. The van der Waals surface area contributed by atoms with Crippen molar-refractivity contribution in [3.63, 3.8) is 0 Å². The van der Waals surface area contributed by atoms with E-state index >= 15 is 0 Å². The fourth-order valence-corrected chi connectivity index (χ4v) is 6.50. The summed E-state index contributed by atoms with van der Waals surface area (Å²) in [6, 6.07) is 16.1. The highest BCUT2D eigenvalue weighted by Crippen LogP contribution is 2.13. The average molecular weight is 497 g/mol. The molecule has 0 unspecified atom stereocenters. The van der Waals surface area contributed by atoms with E-state index in [1.54, 1.807) is 0 Å². The van der Waals surface area contributed by atoms with E-state index < -0.39 is 8.56 Å². The van der Waals surface area contributed by atoms with Gasteiger partial charge >= 0.3 is 8.56 Å². The first kappa shape index (κ1) is 29.8. The second-order valence-corrected chi connectivity index (χ2v) is 13.0. The van der Waals surface area contributed by atoms with Gasteiger partial charge in [0, 0.05) is 0 Å². The molecule has 2 aromatic carbocycles. The monoisotopic (exact) mass is 496 g/mol. The molecule has 0 heterocycles. The second kappa shape index (κ2) is 17.9. The Morgan fingerprint density at radius 3 is 1.03 bits per heavy atom. The van der Waals surface area contributed by atoms with Crippen LogP contribution in [0.25, 0.3) is 0 Å². The van der Waals surface area contributed by atoms with Crippen LogP contribution in [-0.4, -0.2) is 18.2 Å². The van der Waals surface area contributed by atoms with Gasteiger partial charge in [0.25, 0.3) is 0 Å². The standard InChI is InChI=1S/C32H52O2Si/c1-3-5-7-9-11-13-15-17-19-29-21-25-31(26-22-29)35(33,34)32-27-23-30(24-28-32)20-18-16-14-12-10-8-6-4-2/h21-28,33-34H,3-20H2,1-2H3. The van der Waals surface area contributed by atoms with E-state index in [9.17, 15) is 9.59 Å². The van der Waals surface area contributed by atoms with E-state index in [0.717, 1.165) is 12.8 Å². The molecule has 0 aliphatic heterocycles. The fraction of sp³-hybridized carbons (Fsp3) is 0.625. The van der Waals surface area contributed by atoms with Gasteiger partial charge in [0.15, 0.2) is 0 Å². The molecule has 35 heavy (non-hydrogen) atoms. The molecule has 0 saturated carbocycles. The summed E-state index contributed by atoms with van der Waals surface area (Å²) >= 11 is 0. The van der Waals surface area contributed by atoms with E-state index in [4.69, 9.17) is 0 Å². The second-order valence-electron chi connectivity index (χ2n) is 10.5. The highest BCUT2D eigenvalue weighted by molar-refractivity contribution is 6.90. The summed E-state index contributed by atoms with van der Waals surface area (Å²) in [5, 5.41) is 1.35. The first-order valence-corrected chi connectivity index (χ1v) is 16.6. The molecule has 0 radical (unpaired) electrons. The predicted molar refractivity (Wildman–Crippen MR) is 155 cm³/mol. The zero-order valence-corrected chi connectivity index (χ0v) is 23.7. The van der Waals surface area contributed by atoms with Crippen LogP contribution in [0.15, 0.2) is 48.5 Å². The molecular weight excluding hydrogens is 444 g/mol. The zero-order chi connectivity index (χ0) is 25.2. The van der Waals surface area contributed by atoms with Crippen LogP contribution in [0, 0.1) is 0 Å². The Bertz CT molecular complexity index is 702. The van der Waals surface area contributed by atoms with Crippen LogP contribution in [0.3, 0.4) is 0 Å². The summed E-state index contributed by atoms with van der Waals surface area (Å²) in [6.45, 7) is 4.53. The lowest BCUT2D eigenvalue weighted by atomic mass is 10.0. The van der Waals surface area contributed by atoms with Crippen molar-refractivity contribution < 1.29 is 9.59 Å². The molecule has 0 bridgehead atoms. The molecule has 0 fully saturated rings. The van der Waals surface area contributed by atoms with Crippen LogP contribution in [0.2, 0.25) is 0 Å². The molecule has 0 aliphatic carbocycles. The number of benzene rings is 2. The van der Waals surface area contributed by atoms with Gasteiger partial charge in [0.05, 0.1) is 0 Å². The molecule has 2 N–H and O–H groups in total. The number of rotatable bonds is 20. The summed E-state index contributed by atoms with van der Waals surface area (Å²) in [5.41, 5.74) is 2.59. The SMILES string of the molecule is CCCCCCCCCCc1ccc([Si](O)(O)c2ccc(CCCCCCCCCC)cc2)cc1. The van der Waals surface area contributed by atoms with E-state index in [1.165, 1.54) is 114 Å². The molecule has 3 heteroatoms. The van der Waals surface area contributed by atoms with Gasteiger partial charge in [0.2, 0.25) is 0 Å². The third-order valence-corrected chi connectivity index (χ3v) is 9.63. The van der Waals surface area contributed by atoms with Crippen molar-refractivity contribution in [2.45, 2.75) is 129 Å². The van der Waals surface area contributed by atoms with E-state index in [1.807, 2.05) is 24.3 Å². The summed E-state index contributed by atoms with van der Waals surface area (Å²) in [5.74, 6) is 0. The van der Waals surface area contributed by atoms with Crippen LogP contribution < -0.4 is 10.4 Å². The molecule has 0 spiro atoms. The average Bonchev–Trinajstić information content (AvgIpc) is 2.88. The maximum atomic E-state index is 11.0. The first-order valence-electron chi connectivity index (χ1n) is 14.7. The fourth-order valence-electron chi connectivity index (χ4n) is 4.90. The zero-order valence-electron chi connectivity index (χ0n) is 22.7. The van der Waals surface area contributed by atoms with Crippen molar-refractivity contribution in [2.75, 3.05) is 0 Å². The van der Waals surface area contributed by atoms with Gasteiger partial charge in [-0.2, -0.15) is 0 Å². The Balaban J connectivity index is 1.71. The minimum absolute atomic E-state index is 0.674. The molecule has 0 aromatic heterocycles. The van der Waals surface area contributed by atoms with Crippen molar-refractivity contribution in [1.82, 2.24) is 0 Å². The highest BCUT2D eigenvalue weighted by atomic mass is 28.4. The van der Waals surface area contributed by atoms with Gasteiger partial charge in [-0.05, 0) is 47.2 Å². The quantitative estimate of drug-likeness (QED) is 0.146. The smallest absolute Gasteiger partial charge is 0.401 e. The van der Waals surface area contributed by atoms with Crippen LogP contribution in [0.5, 0.6) is 0 Å². The van der Waals surface area contributed by atoms with Crippen molar-refractivity contribution in [3.8, 4) is 0 Å². The van der Waals surface area contributed by atoms with Crippen molar-refractivity contribution >= 4 is 18.9 Å². The summed E-state index contributed by atoms with van der Waals surface area (Å²) in [4.78, 5) is 22.0. The third kappa shape index (κ3) is 11.9. The molecule has 0 aliphatic rings. The largest absolute Gasteiger partial charge is 0.404 e. The van der Waals surface area contributed by atoms with Gasteiger partial charge in [-0.3, -0.25) is 0 Å². The molecule has 0 atom stereocenters. The van der Waals surface area contributed by atoms with Crippen molar-refractivity contribution in [3.05, 3.63) is 59.7 Å². The highest BCUT2D eigenvalue weighted by Gasteiger charge is 2.34. The van der Waals surface area contributed by atoms with Crippen LogP contribution in [-0.2, 0) is 12.8 Å². The third-order valence-electron chi connectivity index (χ3n) is 7.35. The molecule has 2 nitrogen and oxygen atoms in total. The topological polar surface area (TPSA) is 40.5 Å². The summed E-state index contributed by atoms with van der Waals surface area (Å²) in [7, 11) is -3.62. The molecule has 196 valence electrons. The first-order chi connectivity index (χ1) is 17.1. The summed E-state index contributed by atoms with van der Waals surface area (Å²) in [6.07, 6.45) is 23.4. The Morgan fingerprint density at radius 2 is 0.714 bits per heavy atom. The Kier molecular flexibility index (Phi) is 15.3. The van der Waals surface area contributed by atoms with Crippen LogP contribution in [0.4, 0.5) is 0 Å². The molecule has 0 saturated heterocycles. The number of hydrogen-bond donors (Lipinski definition) is 2. The molecule has 0 amide bonds. The van der Waals surface area contributed by atoms with Crippen LogP contribution >= 0.6 is 0 Å². The van der Waals surface area contributed by atoms with E-state index in [2.05, 4.69) is 38.1 Å². The molecular formula is C32H52O2Si. The van der Waals surface area contributed by atoms with Crippen molar-refractivity contribution in [1.29, 1.82) is 0 Å². The Labute approximate surface area is 217 Å². The maximum absolute atomic E-state index is 11.0. The lowest BCUT2D eigenvalue weighted by molar-refractivity contribution is 0.401. The molecule has 2 rings (SSSR count). The number of hydrogen-bond acceptors (Lipinski definition) is 2. The normalized spacial score (nSPS) is 11.8. The minimum Gasteiger partial charge on any atom is -0.404 e. The maximum Gasteiger partial charge on any atom is 0.401 e. The number of aryl methyl sites for hydroxylation is 2. The molecule has 2 aromatic rings. The Morgan fingerprint density at radius 1 is 0.429 bits per heavy atom. The summed E-state index contributed by atoms with van der Waals surface area (Å²) < 4.78 is 0. The van der Waals surface area contributed by atoms with Crippen LogP contribution in [0.1, 0.15) is 128 Å². The van der Waals surface area contributed by atoms with Crippen molar-refractivity contribution in [2.24, 2.45) is 0 Å². The van der Waals surface area contributed by atoms with Gasteiger partial charge in [-0.1, -0.05) is 152 Å². The minimum atomic E-state index is -3.62. The van der Waals surface area contributed by atoms with E-state index in [-0.39, 0.29) is 0 Å². The van der Waals surface area contributed by atoms with Gasteiger partial charge in [-0.25, -0.2) is 0 Å². The van der Waals surface area contributed by atoms with Gasteiger partial charge in [-0.15, -0.1) is 0 Å². The Hall–Kier alpha value is -1.42.